The van der Waals surface area contributed by atoms with Gasteiger partial charge in [0.1, 0.15) is 11.4 Å². The molecule has 256 valence electrons. The average molecular weight is 654 g/mol. The van der Waals surface area contributed by atoms with Crippen molar-refractivity contribution in [3.8, 4) is 17.0 Å². The minimum absolute atomic E-state index is 0.146. The van der Waals surface area contributed by atoms with Gasteiger partial charge in [0.05, 0.1) is 5.69 Å². The molecule has 6 aliphatic rings. The van der Waals surface area contributed by atoms with Crippen molar-refractivity contribution in [3.05, 3.63) is 41.6 Å². The Morgan fingerprint density at radius 1 is 0.917 bits per heavy atom. The van der Waals surface area contributed by atoms with Crippen molar-refractivity contribution >= 4 is 17.1 Å². The number of nitrogens with one attached hydrogen (secondary N) is 1. The highest BCUT2D eigenvalue weighted by Crippen LogP contribution is 2.54. The number of likely N-dealkylation sites (tertiary alicyclic amines) is 3. The number of phenolic OH excluding ortho intramolecular Hbond substituents is 1. The Kier molecular flexibility index (Phi) is 6.99. The molecule has 10 nitrogen and oxygen atoms in total. The minimum Gasteiger partial charge on any atom is -0.507 e. The van der Waals surface area contributed by atoms with Crippen molar-refractivity contribution in [2.75, 3.05) is 45.8 Å². The Morgan fingerprint density at radius 2 is 1.60 bits per heavy atom. The zero-order valence-electron chi connectivity index (χ0n) is 29.0. The van der Waals surface area contributed by atoms with Gasteiger partial charge in [-0.1, -0.05) is 12.1 Å². The molecule has 2 spiro atoms. The molecule has 3 aromatic rings. The summed E-state index contributed by atoms with van der Waals surface area (Å²) in [5.41, 5.74) is 5.40. The molecule has 2 N–H and O–H groups in total. The van der Waals surface area contributed by atoms with Crippen molar-refractivity contribution in [1.29, 1.82) is 0 Å². The van der Waals surface area contributed by atoms with Crippen LogP contribution in [-0.4, -0.2) is 116 Å². The van der Waals surface area contributed by atoms with Crippen LogP contribution < -0.4 is 0 Å². The number of para-hydroxylation sites is 1. The summed E-state index contributed by atoms with van der Waals surface area (Å²) in [4.78, 5) is 26.1. The largest absolute Gasteiger partial charge is 0.507 e. The maximum absolute atomic E-state index is 12.4. The standard InChI is InChI=1S/C38H51N7O3/c1-24-33-29-15-31(28-7-5-6-8-32(28)46)40-41-34(29)39-30(33)11-14-45(24)27-18-38(19-27)20-43(21-38)25-9-12-42(13-10-25)26-16-37(17-26)22-44(23-37)35(47)48-36(2,3)4/h5-8,15,24-27,46H,9-14,16-23H2,1-4H3,(H,39,41)/t24-/m1/s1. The fourth-order valence-electron chi connectivity index (χ4n) is 10.5. The summed E-state index contributed by atoms with van der Waals surface area (Å²) in [7, 11) is 0. The second kappa shape index (κ2) is 10.9. The normalized spacial score (nSPS) is 27.7. The minimum atomic E-state index is -0.421. The molecule has 0 unspecified atom stereocenters. The van der Waals surface area contributed by atoms with Crippen LogP contribution in [0.15, 0.2) is 30.3 Å². The van der Waals surface area contributed by atoms with Crippen molar-refractivity contribution in [2.45, 2.75) is 102 Å². The number of rotatable bonds is 4. The maximum atomic E-state index is 12.4. The molecule has 2 aliphatic carbocycles. The highest BCUT2D eigenvalue weighted by atomic mass is 16.6. The number of H-pyrrole nitrogens is 1. The number of benzene rings is 1. The van der Waals surface area contributed by atoms with E-state index in [0.29, 0.717) is 29.0 Å². The van der Waals surface area contributed by atoms with Crippen LogP contribution in [-0.2, 0) is 11.2 Å². The van der Waals surface area contributed by atoms with Gasteiger partial charge in [0.2, 0.25) is 0 Å². The molecule has 10 heteroatoms. The highest BCUT2D eigenvalue weighted by molar-refractivity contribution is 5.86. The van der Waals surface area contributed by atoms with Gasteiger partial charge < -0.3 is 24.6 Å². The fourth-order valence-corrected chi connectivity index (χ4v) is 10.5. The Hall–Kier alpha value is -3.21. The van der Waals surface area contributed by atoms with Gasteiger partial charge in [-0.25, -0.2) is 4.79 Å². The first kappa shape index (κ1) is 30.8. The molecule has 9 rings (SSSR count). The van der Waals surface area contributed by atoms with Crippen LogP contribution in [0.1, 0.15) is 83.5 Å². The predicted octanol–water partition coefficient (Wildman–Crippen LogP) is 5.58. The molecule has 48 heavy (non-hydrogen) atoms. The molecule has 1 amide bonds. The van der Waals surface area contributed by atoms with Crippen LogP contribution in [0.25, 0.3) is 22.3 Å². The zero-order valence-corrected chi connectivity index (χ0v) is 29.0. The van der Waals surface area contributed by atoms with Gasteiger partial charge in [-0.2, -0.15) is 0 Å². The lowest BCUT2D eigenvalue weighted by atomic mass is 9.59. The maximum Gasteiger partial charge on any atom is 0.410 e. The van der Waals surface area contributed by atoms with Gasteiger partial charge in [-0.15, -0.1) is 10.2 Å². The number of aromatic hydroxyl groups is 1. The monoisotopic (exact) mass is 653 g/mol. The highest BCUT2D eigenvalue weighted by Gasteiger charge is 2.58. The van der Waals surface area contributed by atoms with Crippen LogP contribution >= 0.6 is 0 Å². The zero-order chi connectivity index (χ0) is 33.0. The van der Waals surface area contributed by atoms with Crippen LogP contribution in [0, 0.1) is 10.8 Å². The summed E-state index contributed by atoms with van der Waals surface area (Å²) in [6.07, 6.45) is 8.58. The lowest BCUT2D eigenvalue weighted by Crippen LogP contribution is -2.70. The van der Waals surface area contributed by atoms with E-state index in [4.69, 9.17) is 4.74 Å². The summed E-state index contributed by atoms with van der Waals surface area (Å²) < 4.78 is 5.57. The molecule has 4 aliphatic heterocycles. The third kappa shape index (κ3) is 5.12. The van der Waals surface area contributed by atoms with E-state index in [1.807, 2.05) is 43.9 Å². The smallest absolute Gasteiger partial charge is 0.410 e. The molecule has 0 bridgehead atoms. The van der Waals surface area contributed by atoms with Crippen LogP contribution in [0.4, 0.5) is 4.79 Å². The summed E-state index contributed by atoms with van der Waals surface area (Å²) in [6, 6.07) is 11.9. The SMILES string of the molecule is C[C@@H]1c2c([nH]c3nnc(-c4ccccc4O)cc23)CCN1C1CC2(C1)CN(C1CCN(C3CC4(C3)CN(C(=O)OC(C)(C)C)C4)CC1)C2. The van der Waals surface area contributed by atoms with Gasteiger partial charge >= 0.3 is 6.09 Å². The van der Waals surface area contributed by atoms with E-state index in [1.165, 1.54) is 76.0 Å². The van der Waals surface area contributed by atoms with E-state index in [2.05, 4.69) is 42.9 Å². The molecular weight excluding hydrogens is 602 g/mol. The quantitative estimate of drug-likeness (QED) is 0.377. The molecule has 5 fully saturated rings. The number of carbonyl (C=O) groups excluding carboxylic acids is 1. The van der Waals surface area contributed by atoms with E-state index in [1.54, 1.807) is 6.07 Å². The Morgan fingerprint density at radius 3 is 2.31 bits per heavy atom. The van der Waals surface area contributed by atoms with Crippen LogP contribution in [0.2, 0.25) is 0 Å². The van der Waals surface area contributed by atoms with E-state index in [0.717, 1.165) is 54.4 Å². The Bertz CT molecular complexity index is 1710. The number of amides is 1. The summed E-state index contributed by atoms with van der Waals surface area (Å²) >= 11 is 0. The molecule has 0 radical (unpaired) electrons. The van der Waals surface area contributed by atoms with Crippen molar-refractivity contribution < 1.29 is 14.6 Å². The molecular formula is C38H51N7O3. The summed E-state index contributed by atoms with van der Waals surface area (Å²) in [6.45, 7) is 16.0. The fraction of sp³-hybridized carbons (Fsp3) is 0.658. The number of aromatic amines is 1. The molecule has 6 heterocycles. The van der Waals surface area contributed by atoms with Gasteiger partial charge in [0, 0.05) is 85.4 Å². The van der Waals surface area contributed by atoms with E-state index < -0.39 is 5.60 Å². The van der Waals surface area contributed by atoms with Crippen LogP contribution in [0.5, 0.6) is 5.75 Å². The second-order valence-electron chi connectivity index (χ2n) is 17.3. The lowest BCUT2D eigenvalue weighted by Gasteiger charge is -2.64. The topological polar surface area (TPSA) is 101 Å². The van der Waals surface area contributed by atoms with Gasteiger partial charge in [-0.3, -0.25) is 9.80 Å². The van der Waals surface area contributed by atoms with E-state index in [-0.39, 0.29) is 11.8 Å². The Balaban J connectivity index is 0.749. The van der Waals surface area contributed by atoms with Crippen molar-refractivity contribution in [3.63, 3.8) is 0 Å². The number of hydrogen-bond acceptors (Lipinski definition) is 8. The first-order valence-corrected chi connectivity index (χ1v) is 18.4. The number of fused-ring (bicyclic) bond motifs is 3. The average Bonchev–Trinajstić information content (AvgIpc) is 3.34. The number of hydrogen-bond donors (Lipinski definition) is 2. The van der Waals surface area contributed by atoms with Gasteiger partial charge in [0.25, 0.3) is 0 Å². The molecule has 2 aromatic heterocycles. The number of aromatic nitrogens is 3. The van der Waals surface area contributed by atoms with Crippen molar-refractivity contribution in [2.24, 2.45) is 10.8 Å². The Labute approximate surface area is 283 Å². The number of nitrogens with zero attached hydrogens (tertiary/aromatic N) is 6. The third-order valence-electron chi connectivity index (χ3n) is 12.9. The van der Waals surface area contributed by atoms with Crippen molar-refractivity contribution in [1.82, 2.24) is 34.8 Å². The van der Waals surface area contributed by atoms with Crippen LogP contribution in [0.3, 0.4) is 0 Å². The molecule has 2 saturated carbocycles. The predicted molar refractivity (Wildman–Crippen MR) is 185 cm³/mol. The van der Waals surface area contributed by atoms with Gasteiger partial charge in [0.15, 0.2) is 5.65 Å². The third-order valence-corrected chi connectivity index (χ3v) is 12.9. The number of piperidine rings is 1. The molecule has 1 atom stereocenters. The number of ether oxygens (including phenoxy) is 1. The van der Waals surface area contributed by atoms with Gasteiger partial charge in [-0.05, 0) is 108 Å². The second-order valence-corrected chi connectivity index (χ2v) is 17.3. The summed E-state index contributed by atoms with van der Waals surface area (Å²) in [5.74, 6) is 0.236. The lowest BCUT2D eigenvalue weighted by molar-refractivity contribution is -0.144. The first-order valence-electron chi connectivity index (χ1n) is 18.4. The first-order chi connectivity index (χ1) is 23.0. The number of phenols is 1. The molecule has 3 saturated heterocycles. The number of carbonyl (C=O) groups is 1. The van der Waals surface area contributed by atoms with E-state index >= 15 is 0 Å². The molecule has 1 aromatic carbocycles. The van der Waals surface area contributed by atoms with E-state index in [9.17, 15) is 9.90 Å². The summed E-state index contributed by atoms with van der Waals surface area (Å²) in [5, 5.41) is 20.5.